The highest BCUT2D eigenvalue weighted by Gasteiger charge is 2.64. The smallest absolute Gasteiger partial charge is 0.410 e. The lowest BCUT2D eigenvalue weighted by Crippen LogP contribution is -2.57. The SMILES string of the molecule is CN(C)C(=O)OC(c1ccccc1)(c1nc(-c2ccccc2)c(-c2nc3c(N)ncnc3s2)n1C)C(O)(c1ccccc1)c1nc(-c2ccccc2)c(-c2nc3c(N)ncnc3s2)n1C. The summed E-state index contributed by atoms with van der Waals surface area (Å²) in [6.45, 7) is 0. The van der Waals surface area contributed by atoms with Gasteiger partial charge in [0.15, 0.2) is 28.9 Å². The highest BCUT2D eigenvalue weighted by atomic mass is 32.1. The third-order valence-corrected chi connectivity index (χ3v) is 13.2. The van der Waals surface area contributed by atoms with Crippen LogP contribution >= 0.6 is 22.7 Å². The van der Waals surface area contributed by atoms with Crippen LogP contribution in [0.25, 0.3) is 64.6 Å². The van der Waals surface area contributed by atoms with Crippen molar-refractivity contribution in [2.45, 2.75) is 11.2 Å². The number of nitrogens with two attached hydrogens (primary N) is 2. The summed E-state index contributed by atoms with van der Waals surface area (Å²) >= 11 is 2.62. The molecule has 0 saturated heterocycles. The van der Waals surface area contributed by atoms with Crippen LogP contribution in [0.3, 0.4) is 0 Å². The second kappa shape index (κ2) is 16.0. The van der Waals surface area contributed by atoms with Crippen molar-refractivity contribution in [1.82, 2.24) is 53.9 Å². The van der Waals surface area contributed by atoms with E-state index in [-0.39, 0.29) is 23.3 Å². The zero-order chi connectivity index (χ0) is 45.0. The summed E-state index contributed by atoms with van der Waals surface area (Å²) in [5.74, 6) is 0.690. The fourth-order valence-corrected chi connectivity index (χ4v) is 10.2. The Morgan fingerprint density at radius 1 is 0.600 bits per heavy atom. The Balaban J connectivity index is 1.37. The molecule has 0 aliphatic rings. The van der Waals surface area contributed by atoms with Gasteiger partial charge in [-0.3, -0.25) is 0 Å². The first-order valence-electron chi connectivity index (χ1n) is 20.2. The van der Waals surface area contributed by atoms with Crippen LogP contribution in [0.2, 0.25) is 0 Å². The second-order valence-corrected chi connectivity index (χ2v) is 17.3. The van der Waals surface area contributed by atoms with Gasteiger partial charge in [-0.25, -0.2) is 44.7 Å². The van der Waals surface area contributed by atoms with Gasteiger partial charge < -0.3 is 35.3 Å². The van der Waals surface area contributed by atoms with Crippen LogP contribution in [0.5, 0.6) is 0 Å². The number of nitrogen functional groups attached to an aromatic ring is 2. The van der Waals surface area contributed by atoms with E-state index in [1.807, 2.05) is 109 Å². The fourth-order valence-electron chi connectivity index (χ4n) is 8.21. The molecule has 0 fully saturated rings. The van der Waals surface area contributed by atoms with E-state index in [1.54, 1.807) is 50.0 Å². The van der Waals surface area contributed by atoms with Crippen molar-refractivity contribution in [3.63, 3.8) is 0 Å². The third-order valence-electron chi connectivity index (χ3n) is 11.3. The molecule has 2 unspecified atom stereocenters. The minimum Gasteiger partial charge on any atom is -0.426 e. The maximum Gasteiger partial charge on any atom is 0.410 e. The van der Waals surface area contributed by atoms with E-state index in [9.17, 15) is 9.90 Å². The number of benzene rings is 4. The molecule has 16 nitrogen and oxygen atoms in total. The number of carbonyl (C=O) groups excluding carboxylic acids is 1. The zero-order valence-electron chi connectivity index (χ0n) is 35.4. The van der Waals surface area contributed by atoms with Crippen molar-refractivity contribution in [3.8, 4) is 43.9 Å². The first kappa shape index (κ1) is 41.1. The van der Waals surface area contributed by atoms with Crippen molar-refractivity contribution < 1.29 is 14.6 Å². The summed E-state index contributed by atoms with van der Waals surface area (Å²) in [5, 5.41) is 15.8. The van der Waals surface area contributed by atoms with Crippen molar-refractivity contribution >= 4 is 61.1 Å². The number of hydrogen-bond acceptors (Lipinski definition) is 15. The van der Waals surface area contributed by atoms with E-state index in [4.69, 9.17) is 36.1 Å². The first-order valence-corrected chi connectivity index (χ1v) is 21.9. The molecule has 10 rings (SSSR count). The van der Waals surface area contributed by atoms with Gasteiger partial charge in [-0.05, 0) is 5.56 Å². The van der Waals surface area contributed by atoms with E-state index < -0.39 is 17.3 Å². The molecule has 0 spiro atoms. The van der Waals surface area contributed by atoms with Gasteiger partial charge in [0, 0.05) is 44.9 Å². The lowest BCUT2D eigenvalue weighted by Gasteiger charge is -2.46. The van der Waals surface area contributed by atoms with Crippen LogP contribution in [-0.2, 0) is 30.0 Å². The van der Waals surface area contributed by atoms with Crippen molar-refractivity contribution in [1.29, 1.82) is 0 Å². The molecule has 322 valence electrons. The summed E-state index contributed by atoms with van der Waals surface area (Å²) in [6, 6.07) is 37.3. The van der Waals surface area contributed by atoms with Crippen LogP contribution in [0, 0.1) is 0 Å². The van der Waals surface area contributed by atoms with Gasteiger partial charge in [-0.15, -0.1) is 0 Å². The molecule has 0 aliphatic heterocycles. The van der Waals surface area contributed by atoms with E-state index in [0.717, 1.165) is 11.1 Å². The molecule has 0 saturated carbocycles. The van der Waals surface area contributed by atoms with E-state index in [1.165, 1.54) is 40.2 Å². The van der Waals surface area contributed by atoms with Crippen molar-refractivity contribution in [2.24, 2.45) is 14.1 Å². The van der Waals surface area contributed by atoms with Gasteiger partial charge in [0.1, 0.15) is 54.8 Å². The summed E-state index contributed by atoms with van der Waals surface area (Å²) in [5.41, 5.74) is 13.2. The van der Waals surface area contributed by atoms with E-state index >= 15 is 0 Å². The summed E-state index contributed by atoms with van der Waals surface area (Å²) in [7, 11) is 6.78. The van der Waals surface area contributed by atoms with Gasteiger partial charge in [0.05, 0.1) is 11.4 Å². The molecular weight excluding hydrogens is 859 g/mol. The first-order chi connectivity index (χ1) is 31.5. The van der Waals surface area contributed by atoms with E-state index in [2.05, 4.69) is 19.9 Å². The Labute approximate surface area is 379 Å². The molecule has 65 heavy (non-hydrogen) atoms. The van der Waals surface area contributed by atoms with E-state index in [0.29, 0.717) is 64.6 Å². The zero-order valence-corrected chi connectivity index (χ0v) is 37.0. The molecule has 0 aliphatic carbocycles. The van der Waals surface area contributed by atoms with Gasteiger partial charge in [-0.1, -0.05) is 144 Å². The molecule has 6 aromatic heterocycles. The standard InChI is InChI=1S/C47H39N13O3S2/c1-58(2)45(61)63-47(30-23-15-8-16-24-30,44-57-32(28-19-11-6-12-20-28)36(60(44)4)42-55-34-38(49)51-26-53-40(34)65-42)46(62,29-21-13-7-14-22-29)43-56-31(27-17-9-5-10-18-27)35(59(43)3)41-54-33-37(48)50-25-52-39(33)64-41/h5-26,62H,1-4H3,(H2,48,50,52)(H2,49,51,53). The number of ether oxygens (including phenoxy) is 1. The number of carbonyl (C=O) groups is 1. The minimum atomic E-state index is -2.40. The Morgan fingerprint density at radius 3 is 1.46 bits per heavy atom. The van der Waals surface area contributed by atoms with Crippen LogP contribution in [0.15, 0.2) is 134 Å². The second-order valence-electron chi connectivity index (χ2n) is 15.4. The average Bonchev–Trinajstić information content (AvgIpc) is 4.13. The lowest BCUT2D eigenvalue weighted by atomic mass is 9.71. The molecule has 2 atom stereocenters. The Kier molecular flexibility index (Phi) is 10.1. The summed E-state index contributed by atoms with van der Waals surface area (Å²) < 4.78 is 10.6. The molecule has 0 bridgehead atoms. The largest absolute Gasteiger partial charge is 0.426 e. The Hall–Kier alpha value is -7.93. The third kappa shape index (κ3) is 6.56. The number of imidazole rings is 2. The highest BCUT2D eigenvalue weighted by molar-refractivity contribution is 7.21. The van der Waals surface area contributed by atoms with Gasteiger partial charge in [0.2, 0.25) is 5.60 Å². The fraction of sp³-hybridized carbons (Fsp3) is 0.128. The van der Waals surface area contributed by atoms with Gasteiger partial charge in [-0.2, -0.15) is 0 Å². The monoisotopic (exact) mass is 897 g/mol. The number of aliphatic hydroxyl groups is 1. The number of fused-ring (bicyclic) bond motifs is 2. The maximum atomic E-state index is 14.8. The number of aromatic nitrogens is 10. The maximum absolute atomic E-state index is 14.8. The van der Waals surface area contributed by atoms with Gasteiger partial charge in [0.25, 0.3) is 0 Å². The number of amides is 1. The number of rotatable bonds is 10. The number of thiazole rings is 2. The molecule has 0 radical (unpaired) electrons. The molecule has 5 N–H and O–H groups in total. The molecule has 1 amide bonds. The Morgan fingerprint density at radius 2 is 1.02 bits per heavy atom. The summed E-state index contributed by atoms with van der Waals surface area (Å²) in [6.07, 6.45) is 2.03. The normalized spacial score (nSPS) is 13.4. The van der Waals surface area contributed by atoms with Crippen molar-refractivity contribution in [3.05, 3.63) is 157 Å². The molecule has 4 aromatic carbocycles. The highest BCUT2D eigenvalue weighted by Crippen LogP contribution is 2.55. The predicted octanol–water partition coefficient (Wildman–Crippen LogP) is 7.66. The van der Waals surface area contributed by atoms with Crippen LogP contribution < -0.4 is 11.5 Å². The number of hydrogen-bond donors (Lipinski definition) is 3. The van der Waals surface area contributed by atoms with Gasteiger partial charge >= 0.3 is 6.09 Å². The number of nitrogens with zero attached hydrogens (tertiary/aromatic N) is 11. The van der Waals surface area contributed by atoms with Crippen molar-refractivity contribution in [2.75, 3.05) is 25.6 Å². The Bertz CT molecular complexity index is 3380. The molecule has 18 heteroatoms. The summed E-state index contributed by atoms with van der Waals surface area (Å²) in [4.78, 5) is 55.3. The number of anilines is 2. The average molecular weight is 898 g/mol. The predicted molar refractivity (Wildman–Crippen MR) is 251 cm³/mol. The molecule has 6 heterocycles. The van der Waals surface area contributed by atoms with Crippen LogP contribution in [-0.4, -0.2) is 79.2 Å². The minimum absolute atomic E-state index is 0.0973. The molecule has 10 aromatic rings. The molecular formula is C47H39N13O3S2. The lowest BCUT2D eigenvalue weighted by molar-refractivity contribution is -0.132. The quantitative estimate of drug-likeness (QED) is 0.120. The topological polar surface area (TPSA) is 215 Å². The van der Waals surface area contributed by atoms with Crippen LogP contribution in [0.1, 0.15) is 22.8 Å². The van der Waals surface area contributed by atoms with Crippen LogP contribution in [0.4, 0.5) is 16.4 Å².